The van der Waals surface area contributed by atoms with Gasteiger partial charge in [-0.25, -0.2) is 0 Å². The third-order valence-electron chi connectivity index (χ3n) is 4.79. The predicted octanol–water partition coefficient (Wildman–Crippen LogP) is 4.27. The topological polar surface area (TPSA) is 41.9 Å². The van der Waals surface area contributed by atoms with Crippen LogP contribution < -0.4 is 0 Å². The molecule has 4 nitrogen and oxygen atoms in total. The van der Waals surface area contributed by atoms with Crippen molar-refractivity contribution < 1.29 is 9.63 Å². The molecule has 0 spiro atoms. The highest BCUT2D eigenvalue weighted by atomic mass is 35.5. The molecule has 0 saturated heterocycles. The lowest BCUT2D eigenvalue weighted by Crippen LogP contribution is -2.38. The molecular formula is C21H21ClN2O2. The van der Waals surface area contributed by atoms with Crippen LogP contribution in [0.4, 0.5) is 0 Å². The van der Waals surface area contributed by atoms with Crippen molar-refractivity contribution in [2.24, 2.45) is 11.1 Å². The van der Waals surface area contributed by atoms with Crippen LogP contribution >= 0.6 is 11.6 Å². The average Bonchev–Trinajstić information content (AvgIpc) is 3.41. The van der Waals surface area contributed by atoms with Crippen molar-refractivity contribution in [2.75, 3.05) is 6.54 Å². The SMILES string of the molecule is O=C(C1CC1)N(Cc1ccccc1)C[C@@H]1CC(c2ccc(Cl)cc2)=NO1. The van der Waals surface area contributed by atoms with Crippen molar-refractivity contribution in [3.63, 3.8) is 0 Å². The van der Waals surface area contributed by atoms with Gasteiger partial charge in [-0.05, 0) is 36.1 Å². The van der Waals surface area contributed by atoms with E-state index in [1.54, 1.807) is 0 Å². The quantitative estimate of drug-likeness (QED) is 0.764. The number of carbonyl (C=O) groups is 1. The van der Waals surface area contributed by atoms with E-state index in [-0.39, 0.29) is 17.9 Å². The van der Waals surface area contributed by atoms with Crippen LogP contribution in [0.1, 0.15) is 30.4 Å². The smallest absolute Gasteiger partial charge is 0.226 e. The highest BCUT2D eigenvalue weighted by molar-refractivity contribution is 6.30. The third-order valence-corrected chi connectivity index (χ3v) is 5.04. The Labute approximate surface area is 158 Å². The van der Waals surface area contributed by atoms with E-state index >= 15 is 0 Å². The molecule has 26 heavy (non-hydrogen) atoms. The fraction of sp³-hybridized carbons (Fsp3) is 0.333. The minimum absolute atomic E-state index is 0.105. The molecule has 0 aromatic heterocycles. The number of amides is 1. The Kier molecular flexibility index (Phi) is 4.93. The maximum Gasteiger partial charge on any atom is 0.226 e. The van der Waals surface area contributed by atoms with E-state index in [1.165, 1.54) is 0 Å². The summed E-state index contributed by atoms with van der Waals surface area (Å²) in [7, 11) is 0. The molecule has 1 saturated carbocycles. The molecule has 1 amide bonds. The van der Waals surface area contributed by atoms with Gasteiger partial charge in [0.25, 0.3) is 0 Å². The van der Waals surface area contributed by atoms with Gasteiger partial charge in [0.15, 0.2) is 6.10 Å². The first kappa shape index (κ1) is 17.1. The lowest BCUT2D eigenvalue weighted by Gasteiger charge is -2.25. The Morgan fingerprint density at radius 2 is 1.85 bits per heavy atom. The fourth-order valence-corrected chi connectivity index (χ4v) is 3.34. The zero-order chi connectivity index (χ0) is 17.9. The second-order valence-electron chi connectivity index (χ2n) is 6.96. The molecule has 1 aliphatic heterocycles. The average molecular weight is 369 g/mol. The summed E-state index contributed by atoms with van der Waals surface area (Å²) < 4.78 is 0. The molecule has 5 heteroatoms. The van der Waals surface area contributed by atoms with E-state index in [2.05, 4.69) is 17.3 Å². The number of nitrogens with zero attached hydrogens (tertiary/aromatic N) is 2. The molecule has 1 fully saturated rings. The minimum atomic E-state index is -0.105. The lowest BCUT2D eigenvalue weighted by molar-refractivity contribution is -0.135. The van der Waals surface area contributed by atoms with Crippen molar-refractivity contribution in [3.05, 3.63) is 70.7 Å². The summed E-state index contributed by atoms with van der Waals surface area (Å²) >= 11 is 5.95. The molecule has 2 aromatic carbocycles. The highest BCUT2D eigenvalue weighted by Gasteiger charge is 2.35. The monoisotopic (exact) mass is 368 g/mol. The summed E-state index contributed by atoms with van der Waals surface area (Å²) in [5.74, 6) is 0.425. The summed E-state index contributed by atoms with van der Waals surface area (Å²) in [5.41, 5.74) is 3.06. The van der Waals surface area contributed by atoms with Crippen molar-refractivity contribution in [3.8, 4) is 0 Å². The van der Waals surface area contributed by atoms with Gasteiger partial charge in [0.1, 0.15) is 0 Å². The third kappa shape index (κ3) is 4.07. The summed E-state index contributed by atoms with van der Waals surface area (Å²) in [6, 6.07) is 17.7. The first-order valence-electron chi connectivity index (χ1n) is 9.00. The summed E-state index contributed by atoms with van der Waals surface area (Å²) in [6.45, 7) is 1.18. The second-order valence-corrected chi connectivity index (χ2v) is 7.39. The van der Waals surface area contributed by atoms with Gasteiger partial charge < -0.3 is 9.74 Å². The molecule has 2 aliphatic rings. The Hall–Kier alpha value is -2.33. The molecule has 1 heterocycles. The van der Waals surface area contributed by atoms with E-state index in [1.807, 2.05) is 47.4 Å². The van der Waals surface area contributed by atoms with Gasteiger partial charge in [-0.3, -0.25) is 4.79 Å². The van der Waals surface area contributed by atoms with Crippen LogP contribution in [-0.2, 0) is 16.2 Å². The zero-order valence-electron chi connectivity index (χ0n) is 14.5. The summed E-state index contributed by atoms with van der Waals surface area (Å²) in [5, 5.41) is 4.94. The first-order chi connectivity index (χ1) is 12.7. The molecular weight excluding hydrogens is 348 g/mol. The zero-order valence-corrected chi connectivity index (χ0v) is 15.2. The van der Waals surface area contributed by atoms with Crippen molar-refractivity contribution >= 4 is 23.2 Å². The minimum Gasteiger partial charge on any atom is -0.390 e. The Morgan fingerprint density at radius 3 is 2.54 bits per heavy atom. The number of carbonyl (C=O) groups excluding carboxylic acids is 1. The van der Waals surface area contributed by atoms with E-state index in [4.69, 9.17) is 16.4 Å². The van der Waals surface area contributed by atoms with Crippen LogP contribution in [-0.4, -0.2) is 29.2 Å². The molecule has 134 valence electrons. The van der Waals surface area contributed by atoms with Crippen molar-refractivity contribution in [2.45, 2.75) is 31.9 Å². The van der Waals surface area contributed by atoms with Gasteiger partial charge in [-0.1, -0.05) is 59.2 Å². The first-order valence-corrected chi connectivity index (χ1v) is 9.38. The Balaban J connectivity index is 1.41. The van der Waals surface area contributed by atoms with Gasteiger partial charge in [0.05, 0.1) is 12.3 Å². The molecule has 2 aromatic rings. The maximum absolute atomic E-state index is 12.7. The van der Waals surface area contributed by atoms with E-state index in [9.17, 15) is 4.79 Å². The lowest BCUT2D eigenvalue weighted by atomic mass is 10.0. The predicted molar refractivity (Wildman–Crippen MR) is 102 cm³/mol. The molecule has 0 unspecified atom stereocenters. The maximum atomic E-state index is 12.7. The highest BCUT2D eigenvalue weighted by Crippen LogP contribution is 2.32. The molecule has 0 bridgehead atoms. The standard InChI is InChI=1S/C21H21ClN2O2/c22-18-10-8-16(9-11-18)20-12-19(26-23-20)14-24(21(25)17-6-7-17)13-15-4-2-1-3-5-15/h1-5,8-11,17,19H,6-7,12-14H2/t19-/m0/s1. The van der Waals surface area contributed by atoms with Crippen molar-refractivity contribution in [1.29, 1.82) is 0 Å². The van der Waals surface area contributed by atoms with Crippen LogP contribution in [0.3, 0.4) is 0 Å². The molecule has 1 atom stereocenters. The van der Waals surface area contributed by atoms with Gasteiger partial charge in [-0.15, -0.1) is 0 Å². The second kappa shape index (κ2) is 7.50. The van der Waals surface area contributed by atoms with Crippen LogP contribution in [0.25, 0.3) is 0 Å². The number of benzene rings is 2. The number of oxime groups is 1. The van der Waals surface area contributed by atoms with E-state index in [0.29, 0.717) is 24.5 Å². The Bertz CT molecular complexity index is 801. The normalized spacial score (nSPS) is 19.0. The molecule has 0 radical (unpaired) electrons. The fourth-order valence-electron chi connectivity index (χ4n) is 3.21. The number of halogens is 1. The summed E-state index contributed by atoms with van der Waals surface area (Å²) in [4.78, 5) is 20.3. The molecule has 1 aliphatic carbocycles. The van der Waals surface area contributed by atoms with Crippen molar-refractivity contribution in [1.82, 2.24) is 4.90 Å². The van der Waals surface area contributed by atoms with Crippen LogP contribution in [0, 0.1) is 5.92 Å². The van der Waals surface area contributed by atoms with E-state index < -0.39 is 0 Å². The number of rotatable bonds is 6. The van der Waals surface area contributed by atoms with Gasteiger partial charge in [-0.2, -0.15) is 0 Å². The van der Waals surface area contributed by atoms with Gasteiger partial charge >= 0.3 is 0 Å². The molecule has 4 rings (SSSR count). The Morgan fingerprint density at radius 1 is 1.12 bits per heavy atom. The molecule has 0 N–H and O–H groups in total. The van der Waals surface area contributed by atoms with Gasteiger partial charge in [0, 0.05) is 23.9 Å². The largest absolute Gasteiger partial charge is 0.390 e. The van der Waals surface area contributed by atoms with E-state index in [0.717, 1.165) is 29.7 Å². The number of hydrogen-bond donors (Lipinski definition) is 0. The van der Waals surface area contributed by atoms with Crippen LogP contribution in [0.5, 0.6) is 0 Å². The van der Waals surface area contributed by atoms with Crippen LogP contribution in [0.15, 0.2) is 59.8 Å². The summed E-state index contributed by atoms with van der Waals surface area (Å²) in [6.07, 6.45) is 2.60. The van der Waals surface area contributed by atoms with Crippen LogP contribution in [0.2, 0.25) is 5.02 Å². The number of hydrogen-bond acceptors (Lipinski definition) is 3. The van der Waals surface area contributed by atoms with Gasteiger partial charge in [0.2, 0.25) is 5.91 Å².